The van der Waals surface area contributed by atoms with Gasteiger partial charge in [0.25, 0.3) is 0 Å². The Bertz CT molecular complexity index is 734. The molecule has 0 unspecified atom stereocenters. The Morgan fingerprint density at radius 2 is 1.89 bits per heavy atom. The topological polar surface area (TPSA) is 133 Å². The molecule has 2 heterocycles. The van der Waals surface area contributed by atoms with E-state index in [9.17, 15) is 18.8 Å². The van der Waals surface area contributed by atoms with Gasteiger partial charge in [0.2, 0.25) is 0 Å². The molecule has 11 heteroatoms. The third kappa shape index (κ3) is 5.12. The fourth-order valence-electron chi connectivity index (χ4n) is 2.41. The summed E-state index contributed by atoms with van der Waals surface area (Å²) >= 11 is 0. The number of aliphatic carboxylic acids is 2. The van der Waals surface area contributed by atoms with Crippen molar-refractivity contribution >= 4 is 35.9 Å². The van der Waals surface area contributed by atoms with Crippen molar-refractivity contribution in [2.45, 2.75) is 6.92 Å². The van der Waals surface area contributed by atoms with E-state index in [0.29, 0.717) is 26.2 Å². The van der Waals surface area contributed by atoms with Crippen LogP contribution in [0.4, 0.5) is 20.8 Å². The average molecular weight is 382 g/mol. The lowest BCUT2D eigenvalue weighted by atomic mass is 10.2. The number of aromatic nitrogens is 1. The minimum Gasteiger partial charge on any atom is -0.480 e. The minimum absolute atomic E-state index is 0.00430. The maximum absolute atomic E-state index is 14.1. The molecule has 1 aromatic rings. The zero-order valence-corrected chi connectivity index (χ0v) is 14.5. The summed E-state index contributed by atoms with van der Waals surface area (Å²) in [5.41, 5.74) is 0. The van der Waals surface area contributed by atoms with Crippen LogP contribution in [0.25, 0.3) is 0 Å². The van der Waals surface area contributed by atoms with E-state index >= 15 is 0 Å². The summed E-state index contributed by atoms with van der Waals surface area (Å²) in [6.45, 7) is 3.27. The van der Waals surface area contributed by atoms with Gasteiger partial charge in [-0.15, -0.1) is 0 Å². The third-order valence-electron chi connectivity index (χ3n) is 3.81. The largest absolute Gasteiger partial charge is 0.480 e. The SMILES string of the molecule is CCOC(=O)N1CCN(c2nc(N=CC(C(=O)O)C(=O)O)ccc2F)CC1. The second-order valence-corrected chi connectivity index (χ2v) is 5.58. The first kappa shape index (κ1) is 20.1. The molecule has 0 spiro atoms. The van der Waals surface area contributed by atoms with Crippen molar-refractivity contribution < 1.29 is 33.7 Å². The molecule has 1 fully saturated rings. The molecule has 1 aliphatic heterocycles. The van der Waals surface area contributed by atoms with E-state index in [2.05, 4.69) is 9.98 Å². The van der Waals surface area contributed by atoms with Gasteiger partial charge in [0.15, 0.2) is 23.4 Å². The number of ether oxygens (including phenoxy) is 1. The van der Waals surface area contributed by atoms with Crippen molar-refractivity contribution in [3.63, 3.8) is 0 Å². The maximum Gasteiger partial charge on any atom is 0.409 e. The number of pyridine rings is 1. The van der Waals surface area contributed by atoms with Crippen LogP contribution in [0.2, 0.25) is 0 Å². The Hall–Kier alpha value is -3.24. The van der Waals surface area contributed by atoms with Crippen LogP contribution in [0, 0.1) is 11.7 Å². The van der Waals surface area contributed by atoms with E-state index in [-0.39, 0.29) is 18.2 Å². The highest BCUT2D eigenvalue weighted by molar-refractivity contribution is 6.08. The number of hydrogen-bond donors (Lipinski definition) is 2. The molecule has 0 saturated carbocycles. The summed E-state index contributed by atoms with van der Waals surface area (Å²) in [4.78, 5) is 44.3. The van der Waals surface area contributed by atoms with Crippen LogP contribution < -0.4 is 4.90 Å². The van der Waals surface area contributed by atoms with E-state index in [1.54, 1.807) is 11.8 Å². The van der Waals surface area contributed by atoms with Crippen LogP contribution in [-0.2, 0) is 14.3 Å². The quantitative estimate of drug-likeness (QED) is 0.550. The summed E-state index contributed by atoms with van der Waals surface area (Å²) < 4.78 is 19.1. The van der Waals surface area contributed by atoms with Crippen LogP contribution in [0.1, 0.15) is 6.92 Å². The Labute approximate surface area is 153 Å². The molecule has 1 aliphatic rings. The molecule has 0 radical (unpaired) electrons. The fraction of sp³-hybridized carbons (Fsp3) is 0.438. The number of aliphatic imine (C=N–C) groups is 1. The van der Waals surface area contributed by atoms with Crippen molar-refractivity contribution in [2.75, 3.05) is 37.7 Å². The van der Waals surface area contributed by atoms with Gasteiger partial charge < -0.3 is 24.7 Å². The van der Waals surface area contributed by atoms with Crippen LogP contribution in [0.3, 0.4) is 0 Å². The first-order valence-corrected chi connectivity index (χ1v) is 8.16. The molecule has 146 valence electrons. The van der Waals surface area contributed by atoms with Gasteiger partial charge in [-0.3, -0.25) is 9.59 Å². The third-order valence-corrected chi connectivity index (χ3v) is 3.81. The average Bonchev–Trinajstić information content (AvgIpc) is 2.63. The molecule has 10 nitrogen and oxygen atoms in total. The van der Waals surface area contributed by atoms with E-state index in [1.165, 1.54) is 11.0 Å². The van der Waals surface area contributed by atoms with Gasteiger partial charge in [-0.2, -0.15) is 0 Å². The van der Waals surface area contributed by atoms with Crippen molar-refractivity contribution in [1.29, 1.82) is 0 Å². The number of rotatable bonds is 6. The molecule has 0 bridgehead atoms. The molecular formula is C16H19FN4O6. The van der Waals surface area contributed by atoms with E-state index in [1.807, 2.05) is 0 Å². The van der Waals surface area contributed by atoms with Crippen LogP contribution in [0.15, 0.2) is 17.1 Å². The van der Waals surface area contributed by atoms with Gasteiger partial charge in [0.1, 0.15) is 0 Å². The number of nitrogens with zero attached hydrogens (tertiary/aromatic N) is 4. The van der Waals surface area contributed by atoms with Crippen LogP contribution in [-0.4, -0.2) is 77.1 Å². The van der Waals surface area contributed by atoms with Gasteiger partial charge in [-0.1, -0.05) is 0 Å². The van der Waals surface area contributed by atoms with Gasteiger partial charge in [-0.05, 0) is 19.1 Å². The van der Waals surface area contributed by atoms with Crippen LogP contribution in [0.5, 0.6) is 0 Å². The van der Waals surface area contributed by atoms with Crippen molar-refractivity contribution in [2.24, 2.45) is 10.9 Å². The lowest BCUT2D eigenvalue weighted by molar-refractivity contribution is -0.150. The summed E-state index contributed by atoms with van der Waals surface area (Å²) in [6.07, 6.45) is 0.296. The highest BCUT2D eigenvalue weighted by Crippen LogP contribution is 2.22. The zero-order chi connectivity index (χ0) is 20.0. The van der Waals surface area contributed by atoms with Gasteiger partial charge >= 0.3 is 18.0 Å². The lowest BCUT2D eigenvalue weighted by Crippen LogP contribution is -2.49. The number of hydrogen-bond acceptors (Lipinski definition) is 7. The smallest absolute Gasteiger partial charge is 0.409 e. The van der Waals surface area contributed by atoms with E-state index in [4.69, 9.17) is 14.9 Å². The first-order chi connectivity index (χ1) is 12.8. The molecule has 1 aromatic heterocycles. The molecule has 2 N–H and O–H groups in total. The van der Waals surface area contributed by atoms with Gasteiger partial charge in [-0.25, -0.2) is 19.2 Å². The highest BCUT2D eigenvalue weighted by atomic mass is 19.1. The highest BCUT2D eigenvalue weighted by Gasteiger charge is 2.25. The number of carboxylic acids is 2. The number of halogens is 1. The summed E-state index contributed by atoms with van der Waals surface area (Å²) in [5.74, 6) is -5.59. The predicted molar refractivity (Wildman–Crippen MR) is 91.9 cm³/mol. The number of carboxylic acid groups (broad SMARTS) is 2. The molecule has 27 heavy (non-hydrogen) atoms. The first-order valence-electron chi connectivity index (χ1n) is 8.16. The molecule has 0 aromatic carbocycles. The van der Waals surface area contributed by atoms with Crippen LogP contribution >= 0.6 is 0 Å². The number of amides is 1. The maximum atomic E-state index is 14.1. The van der Waals surface area contributed by atoms with Gasteiger partial charge in [0, 0.05) is 32.4 Å². The standard InChI is InChI=1S/C16H19FN4O6/c1-2-27-16(26)21-7-5-20(6-8-21)13-11(17)3-4-12(19-13)18-9-10(14(22)23)15(24)25/h3-4,9-10H,2,5-8H2,1H3,(H,22,23)(H,24,25). The van der Waals surface area contributed by atoms with E-state index < -0.39 is 29.8 Å². The zero-order valence-electron chi connectivity index (χ0n) is 14.5. The van der Waals surface area contributed by atoms with Crippen molar-refractivity contribution in [3.8, 4) is 0 Å². The summed E-state index contributed by atoms with van der Waals surface area (Å²) in [5, 5.41) is 17.7. The lowest BCUT2D eigenvalue weighted by Gasteiger charge is -2.34. The Kier molecular flexibility index (Phi) is 6.63. The predicted octanol–water partition coefficient (Wildman–Crippen LogP) is 0.987. The molecule has 1 saturated heterocycles. The molecule has 1 amide bonds. The normalized spacial score (nSPS) is 14.6. The molecular weight excluding hydrogens is 363 g/mol. The Morgan fingerprint density at radius 1 is 1.26 bits per heavy atom. The second-order valence-electron chi connectivity index (χ2n) is 5.58. The minimum atomic E-state index is -1.83. The summed E-state index contributed by atoms with van der Waals surface area (Å²) in [6, 6.07) is 2.33. The van der Waals surface area contributed by atoms with Crippen molar-refractivity contribution in [3.05, 3.63) is 17.9 Å². The number of carbonyl (C=O) groups excluding carboxylic acids is 1. The number of piperazine rings is 1. The molecule has 0 atom stereocenters. The van der Waals surface area contributed by atoms with E-state index in [0.717, 1.165) is 12.3 Å². The fourth-order valence-corrected chi connectivity index (χ4v) is 2.41. The number of anilines is 1. The van der Waals surface area contributed by atoms with Crippen molar-refractivity contribution in [1.82, 2.24) is 9.88 Å². The number of carbonyl (C=O) groups is 3. The Morgan fingerprint density at radius 3 is 2.44 bits per heavy atom. The molecule has 0 aliphatic carbocycles. The second kappa shape index (κ2) is 8.92. The Balaban J connectivity index is 2.11. The molecule has 2 rings (SSSR count). The van der Waals surface area contributed by atoms with Gasteiger partial charge in [0.05, 0.1) is 6.61 Å². The summed E-state index contributed by atoms with van der Waals surface area (Å²) in [7, 11) is 0. The monoisotopic (exact) mass is 382 g/mol.